The molecule has 13 heteroatoms. The summed E-state index contributed by atoms with van der Waals surface area (Å²) >= 11 is 0. The molecule has 1 unspecified atom stereocenters. The van der Waals surface area contributed by atoms with Crippen molar-refractivity contribution >= 4 is 17.7 Å². The van der Waals surface area contributed by atoms with Crippen molar-refractivity contribution in [1.29, 1.82) is 0 Å². The van der Waals surface area contributed by atoms with E-state index >= 15 is 0 Å². The number of pyridine rings is 1. The van der Waals surface area contributed by atoms with E-state index in [0.29, 0.717) is 19.1 Å². The number of hydrogen-bond donors (Lipinski definition) is 2. The van der Waals surface area contributed by atoms with Gasteiger partial charge >= 0.3 is 0 Å². The van der Waals surface area contributed by atoms with Gasteiger partial charge in [-0.2, -0.15) is 0 Å². The summed E-state index contributed by atoms with van der Waals surface area (Å²) in [6, 6.07) is 11.8. The fourth-order valence-electron chi connectivity index (χ4n) is 5.21. The van der Waals surface area contributed by atoms with E-state index in [1.807, 2.05) is 6.07 Å². The average molecular weight is 597 g/mol. The van der Waals surface area contributed by atoms with E-state index in [4.69, 9.17) is 14.2 Å². The number of fused-ring (bicyclic) bond motifs is 2. The molecule has 2 aromatic carbocycles. The van der Waals surface area contributed by atoms with Gasteiger partial charge in [0.1, 0.15) is 23.8 Å². The van der Waals surface area contributed by atoms with Crippen LogP contribution in [0.15, 0.2) is 59.5 Å². The van der Waals surface area contributed by atoms with Gasteiger partial charge < -0.3 is 23.7 Å². The van der Waals surface area contributed by atoms with Gasteiger partial charge in [0.15, 0.2) is 11.4 Å². The lowest BCUT2D eigenvalue weighted by atomic mass is 9.92. The highest BCUT2D eigenvalue weighted by molar-refractivity contribution is 6.00. The highest BCUT2D eigenvalue weighted by Crippen LogP contribution is 2.37. The number of hydrogen-bond acceptors (Lipinski definition) is 7. The summed E-state index contributed by atoms with van der Waals surface area (Å²) in [6.07, 6.45) is 1.29. The minimum atomic E-state index is -0.971. The van der Waals surface area contributed by atoms with Crippen LogP contribution in [0.3, 0.4) is 0 Å². The van der Waals surface area contributed by atoms with Crippen molar-refractivity contribution in [2.24, 2.45) is 0 Å². The van der Waals surface area contributed by atoms with Crippen molar-refractivity contribution < 1.29 is 37.4 Å². The Morgan fingerprint density at radius 3 is 2.58 bits per heavy atom. The van der Waals surface area contributed by atoms with Crippen LogP contribution in [0.1, 0.15) is 38.4 Å². The maximum Gasteiger partial charge on any atom is 0.275 e. The molecule has 3 heterocycles. The van der Waals surface area contributed by atoms with Crippen LogP contribution in [0.25, 0.3) is 0 Å². The van der Waals surface area contributed by atoms with E-state index in [2.05, 4.69) is 10.9 Å². The van der Waals surface area contributed by atoms with E-state index in [0.717, 1.165) is 17.7 Å². The second-order valence-corrected chi connectivity index (χ2v) is 10.4. The third-order valence-corrected chi connectivity index (χ3v) is 7.45. The third kappa shape index (κ3) is 6.27. The summed E-state index contributed by atoms with van der Waals surface area (Å²) in [5, 5.41) is 0. The minimum Gasteiger partial charge on any atom is -0.483 e. The Kier molecular flexibility index (Phi) is 8.83. The first-order valence-corrected chi connectivity index (χ1v) is 13.6. The first-order chi connectivity index (χ1) is 20.7. The highest BCUT2D eigenvalue weighted by Gasteiger charge is 2.47. The monoisotopic (exact) mass is 596 g/mol. The topological polar surface area (TPSA) is 128 Å². The van der Waals surface area contributed by atoms with Crippen LogP contribution in [-0.4, -0.2) is 67.2 Å². The van der Waals surface area contributed by atoms with Crippen molar-refractivity contribution in [1.82, 2.24) is 20.3 Å². The number of aromatic nitrogens is 1. The zero-order valence-electron chi connectivity index (χ0n) is 23.4. The molecule has 1 spiro atoms. The summed E-state index contributed by atoms with van der Waals surface area (Å²) in [5.74, 6) is -4.25. The molecule has 3 amide bonds. The number of benzene rings is 2. The molecule has 1 aromatic heterocycles. The zero-order valence-corrected chi connectivity index (χ0v) is 23.4. The molecule has 5 rings (SSSR count). The second-order valence-electron chi connectivity index (χ2n) is 10.4. The van der Waals surface area contributed by atoms with Gasteiger partial charge in [-0.25, -0.2) is 8.78 Å². The van der Waals surface area contributed by atoms with Crippen LogP contribution < -0.4 is 21.0 Å². The number of hydrazine groups is 1. The Morgan fingerprint density at radius 1 is 1.09 bits per heavy atom. The third-order valence-electron chi connectivity index (χ3n) is 7.45. The molecule has 2 aliphatic rings. The van der Waals surface area contributed by atoms with E-state index < -0.39 is 46.7 Å². The number of rotatable bonds is 9. The van der Waals surface area contributed by atoms with Gasteiger partial charge in [0, 0.05) is 39.1 Å². The molecule has 2 aliphatic heterocycles. The smallest absolute Gasteiger partial charge is 0.275 e. The van der Waals surface area contributed by atoms with Crippen molar-refractivity contribution in [3.63, 3.8) is 0 Å². The van der Waals surface area contributed by atoms with Gasteiger partial charge in [0.25, 0.3) is 11.8 Å². The SMILES string of the molecule is COCCN1CC2(CCOC2)n2cc(C(=O)NNC(=O)Cc3ccc(F)cc3F)c(=O)c(OCc3ccccc3)c2C1=O. The normalized spacial score (nSPS) is 17.6. The molecule has 1 fully saturated rings. The maximum atomic E-state index is 14.0. The summed E-state index contributed by atoms with van der Waals surface area (Å²) in [5.41, 5.74) is 2.94. The zero-order chi connectivity index (χ0) is 30.6. The Morgan fingerprint density at radius 2 is 1.88 bits per heavy atom. The minimum absolute atomic E-state index is 0.0128. The predicted molar refractivity (Wildman–Crippen MR) is 148 cm³/mol. The van der Waals surface area contributed by atoms with Crippen LogP contribution in [0.4, 0.5) is 8.78 Å². The predicted octanol–water partition coefficient (Wildman–Crippen LogP) is 1.93. The second kappa shape index (κ2) is 12.7. The number of nitrogens with one attached hydrogen (secondary N) is 2. The van der Waals surface area contributed by atoms with E-state index in [-0.39, 0.29) is 55.5 Å². The molecular weight excluding hydrogens is 566 g/mol. The standard InChI is InChI=1S/C30H30F2N4O7/c1-41-12-10-35-17-30(9-11-42-18-30)36-15-22(28(39)34-33-24(37)13-20-7-8-21(31)14-23(20)32)26(38)27(25(36)29(35)40)43-16-19-5-3-2-4-6-19/h2-8,14-15H,9-13,16-18H2,1H3,(H,33,37)(H,34,39). The molecule has 0 aliphatic carbocycles. The van der Waals surface area contributed by atoms with Gasteiger partial charge in [-0.3, -0.25) is 30.0 Å². The number of carbonyl (C=O) groups is 3. The number of methoxy groups -OCH3 is 1. The number of ether oxygens (including phenoxy) is 3. The van der Waals surface area contributed by atoms with Crippen molar-refractivity contribution in [3.8, 4) is 5.75 Å². The molecule has 11 nitrogen and oxygen atoms in total. The molecule has 2 N–H and O–H groups in total. The quantitative estimate of drug-likeness (QED) is 0.362. The lowest BCUT2D eigenvalue weighted by Crippen LogP contribution is -2.56. The van der Waals surface area contributed by atoms with Gasteiger partial charge in [-0.15, -0.1) is 0 Å². The maximum absolute atomic E-state index is 14.0. The molecular formula is C30H30F2N4O7. The lowest BCUT2D eigenvalue weighted by Gasteiger charge is -2.43. The fourth-order valence-corrected chi connectivity index (χ4v) is 5.21. The van der Waals surface area contributed by atoms with Crippen LogP contribution in [0, 0.1) is 11.6 Å². The van der Waals surface area contributed by atoms with E-state index in [1.165, 1.54) is 13.3 Å². The molecule has 43 heavy (non-hydrogen) atoms. The van der Waals surface area contributed by atoms with Gasteiger partial charge in [-0.1, -0.05) is 36.4 Å². The van der Waals surface area contributed by atoms with Crippen molar-refractivity contribution in [2.75, 3.05) is 40.0 Å². The van der Waals surface area contributed by atoms with Crippen LogP contribution in [-0.2, 0) is 32.8 Å². The van der Waals surface area contributed by atoms with Gasteiger partial charge in [-0.05, 0) is 23.6 Å². The lowest BCUT2D eigenvalue weighted by molar-refractivity contribution is -0.121. The van der Waals surface area contributed by atoms with E-state index in [1.54, 1.807) is 33.7 Å². The van der Waals surface area contributed by atoms with Gasteiger partial charge in [0.2, 0.25) is 11.3 Å². The number of halogens is 2. The highest BCUT2D eigenvalue weighted by atomic mass is 19.1. The summed E-state index contributed by atoms with van der Waals surface area (Å²) in [6.45, 7) is 1.36. The Hall–Kier alpha value is -4.62. The first kappa shape index (κ1) is 29.9. The Balaban J connectivity index is 1.48. The van der Waals surface area contributed by atoms with Crippen LogP contribution in [0.5, 0.6) is 5.75 Å². The Bertz CT molecular complexity index is 1590. The summed E-state index contributed by atoms with van der Waals surface area (Å²) in [7, 11) is 1.52. The molecule has 0 bridgehead atoms. The fraction of sp³-hybridized carbons (Fsp3) is 0.333. The molecule has 1 atom stereocenters. The van der Waals surface area contributed by atoms with E-state index in [9.17, 15) is 28.0 Å². The molecule has 0 saturated carbocycles. The Labute approximate surface area is 245 Å². The number of amides is 3. The molecule has 3 aromatic rings. The number of nitrogens with zero attached hydrogens (tertiary/aromatic N) is 2. The molecule has 0 radical (unpaired) electrons. The average Bonchev–Trinajstić information content (AvgIpc) is 3.47. The largest absolute Gasteiger partial charge is 0.483 e. The number of carbonyl (C=O) groups excluding carboxylic acids is 3. The molecule has 1 saturated heterocycles. The summed E-state index contributed by atoms with van der Waals surface area (Å²) < 4.78 is 45.6. The van der Waals surface area contributed by atoms with Gasteiger partial charge in [0.05, 0.1) is 25.2 Å². The molecule has 226 valence electrons. The van der Waals surface area contributed by atoms with Crippen LogP contribution >= 0.6 is 0 Å². The first-order valence-electron chi connectivity index (χ1n) is 13.6. The van der Waals surface area contributed by atoms with Crippen molar-refractivity contribution in [2.45, 2.75) is 25.0 Å². The van der Waals surface area contributed by atoms with Crippen LogP contribution in [0.2, 0.25) is 0 Å². The summed E-state index contributed by atoms with van der Waals surface area (Å²) in [4.78, 5) is 54.8. The van der Waals surface area contributed by atoms with Crippen molar-refractivity contribution in [3.05, 3.63) is 99.0 Å².